The molecule has 2 aliphatic carbocycles. The molecule has 0 radical (unpaired) electrons. The summed E-state index contributed by atoms with van der Waals surface area (Å²) in [4.78, 5) is 2.53. The predicted octanol–water partition coefficient (Wildman–Crippen LogP) is 15.9. The van der Waals surface area contributed by atoms with Gasteiger partial charge in [-0.2, -0.15) is 0 Å². The van der Waals surface area contributed by atoms with E-state index in [1.165, 1.54) is 98.3 Å². The molecule has 0 unspecified atom stereocenters. The smallest absolute Gasteiger partial charge is 0.0714 e. The maximum absolute atomic E-state index is 2.53. The standard InChI is InChI=1S/C58H41NS/c1-57(2)48-25-12-11-23-47(48)55-51(57)28-16-29-52(55)59(42-34-31-39(32-35-42)38-17-5-3-6-18-38)53-30-15-24-46-45-36-33-41(37-54(45)60-56(46)53)58(40-19-7-4-8-20-40)49-26-13-9-21-43(49)44-22-10-14-27-50(44)58/h3-37H,1-2H3. The van der Waals surface area contributed by atoms with Crippen molar-refractivity contribution >= 4 is 48.6 Å². The van der Waals surface area contributed by atoms with Crippen LogP contribution in [0.2, 0.25) is 0 Å². The molecule has 0 fully saturated rings. The first kappa shape index (κ1) is 35.0. The first-order chi connectivity index (χ1) is 29.5. The van der Waals surface area contributed by atoms with Gasteiger partial charge in [0.2, 0.25) is 0 Å². The van der Waals surface area contributed by atoms with Gasteiger partial charge in [-0.05, 0) is 91.5 Å². The molecule has 1 aromatic heterocycles. The van der Waals surface area contributed by atoms with Crippen molar-refractivity contribution in [1.82, 2.24) is 0 Å². The van der Waals surface area contributed by atoms with Crippen molar-refractivity contribution in [2.24, 2.45) is 0 Å². The Morgan fingerprint density at radius 2 is 0.967 bits per heavy atom. The van der Waals surface area contributed by atoms with Crippen LogP contribution in [0.1, 0.15) is 47.2 Å². The third-order valence-corrected chi connectivity index (χ3v) is 14.6. The largest absolute Gasteiger partial charge is 0.308 e. The highest BCUT2D eigenvalue weighted by Gasteiger charge is 2.46. The van der Waals surface area contributed by atoms with Gasteiger partial charge in [0.15, 0.2) is 0 Å². The molecular formula is C58H41NS. The summed E-state index contributed by atoms with van der Waals surface area (Å²) < 4.78 is 2.57. The van der Waals surface area contributed by atoms with Crippen LogP contribution in [0.3, 0.4) is 0 Å². The zero-order chi connectivity index (χ0) is 40.0. The summed E-state index contributed by atoms with van der Waals surface area (Å²) in [7, 11) is 0. The summed E-state index contributed by atoms with van der Waals surface area (Å²) in [6.07, 6.45) is 0. The quantitative estimate of drug-likeness (QED) is 0.162. The summed E-state index contributed by atoms with van der Waals surface area (Å²) in [5, 5.41) is 2.56. The third-order valence-electron chi connectivity index (χ3n) is 13.4. The number of anilines is 3. The molecule has 60 heavy (non-hydrogen) atoms. The lowest BCUT2D eigenvalue weighted by Gasteiger charge is -2.33. The van der Waals surface area contributed by atoms with E-state index in [1.54, 1.807) is 0 Å². The molecule has 0 bridgehead atoms. The van der Waals surface area contributed by atoms with Gasteiger partial charge in [0, 0.05) is 32.1 Å². The number of fused-ring (bicyclic) bond motifs is 9. The van der Waals surface area contributed by atoms with Gasteiger partial charge < -0.3 is 4.90 Å². The summed E-state index contributed by atoms with van der Waals surface area (Å²) >= 11 is 1.91. The second-order valence-corrected chi connectivity index (χ2v) is 17.8. The Labute approximate surface area is 355 Å². The molecule has 0 N–H and O–H groups in total. The Balaban J connectivity index is 1.10. The van der Waals surface area contributed by atoms with E-state index in [1.807, 2.05) is 11.3 Å². The third kappa shape index (κ3) is 4.92. The summed E-state index contributed by atoms with van der Waals surface area (Å²) in [5.74, 6) is 0. The molecule has 1 nitrogen and oxygen atoms in total. The van der Waals surface area contributed by atoms with E-state index >= 15 is 0 Å². The number of rotatable bonds is 6. The van der Waals surface area contributed by atoms with Gasteiger partial charge in [0.05, 0.1) is 21.5 Å². The van der Waals surface area contributed by atoms with E-state index in [-0.39, 0.29) is 5.41 Å². The molecule has 0 aliphatic heterocycles. The van der Waals surface area contributed by atoms with Crippen LogP contribution >= 0.6 is 11.3 Å². The minimum atomic E-state index is -0.445. The molecule has 2 aliphatic rings. The highest BCUT2D eigenvalue weighted by Crippen LogP contribution is 2.58. The zero-order valence-electron chi connectivity index (χ0n) is 33.6. The van der Waals surface area contributed by atoms with Crippen LogP contribution in [0.4, 0.5) is 17.1 Å². The van der Waals surface area contributed by atoms with Crippen molar-refractivity contribution in [3.05, 3.63) is 246 Å². The van der Waals surface area contributed by atoms with Crippen molar-refractivity contribution in [2.45, 2.75) is 24.7 Å². The summed E-state index contributed by atoms with van der Waals surface area (Å²) in [5.41, 5.74) is 18.6. The molecule has 0 spiro atoms. The Bertz CT molecular complexity index is 3240. The van der Waals surface area contributed by atoms with Crippen LogP contribution in [0.5, 0.6) is 0 Å². The van der Waals surface area contributed by atoms with Gasteiger partial charge in [-0.3, -0.25) is 0 Å². The minimum absolute atomic E-state index is 0.114. The number of hydrogen-bond acceptors (Lipinski definition) is 2. The number of hydrogen-bond donors (Lipinski definition) is 0. The predicted molar refractivity (Wildman–Crippen MR) is 254 cm³/mol. The molecule has 0 atom stereocenters. The number of thiophene rings is 1. The molecule has 1 heterocycles. The lowest BCUT2D eigenvalue weighted by atomic mass is 9.67. The monoisotopic (exact) mass is 783 g/mol. The first-order valence-electron chi connectivity index (χ1n) is 20.9. The van der Waals surface area contributed by atoms with E-state index in [0.29, 0.717) is 0 Å². The highest BCUT2D eigenvalue weighted by atomic mass is 32.1. The van der Waals surface area contributed by atoms with Crippen LogP contribution in [0.25, 0.3) is 53.6 Å². The second kappa shape index (κ2) is 13.3. The summed E-state index contributed by atoms with van der Waals surface area (Å²) in [6, 6.07) is 79.1. The normalized spacial score (nSPS) is 14.1. The average molecular weight is 784 g/mol. The molecule has 10 aromatic rings. The van der Waals surface area contributed by atoms with Crippen molar-refractivity contribution < 1.29 is 0 Å². The lowest BCUT2D eigenvalue weighted by Crippen LogP contribution is -2.28. The fourth-order valence-corrected chi connectivity index (χ4v) is 11.9. The van der Waals surface area contributed by atoms with Gasteiger partial charge in [0.1, 0.15) is 0 Å². The SMILES string of the molecule is CC1(C)c2ccccc2-c2c(N(c3ccc(-c4ccccc4)cc3)c3cccc4c3sc3cc(C5(c6ccccc6)c6ccccc6-c6ccccc65)ccc34)cccc21. The maximum Gasteiger partial charge on any atom is 0.0714 e. The summed E-state index contributed by atoms with van der Waals surface area (Å²) in [6.45, 7) is 4.74. The first-order valence-corrected chi connectivity index (χ1v) is 21.7. The Morgan fingerprint density at radius 3 is 1.68 bits per heavy atom. The van der Waals surface area contributed by atoms with Gasteiger partial charge in [-0.25, -0.2) is 0 Å². The lowest BCUT2D eigenvalue weighted by molar-refractivity contribution is 0.660. The minimum Gasteiger partial charge on any atom is -0.308 e. The van der Waals surface area contributed by atoms with Crippen LogP contribution in [0.15, 0.2) is 212 Å². The molecule has 9 aromatic carbocycles. The van der Waals surface area contributed by atoms with E-state index < -0.39 is 5.41 Å². The fraction of sp³-hybridized carbons (Fsp3) is 0.0690. The fourth-order valence-electron chi connectivity index (χ4n) is 10.7. The van der Waals surface area contributed by atoms with E-state index in [0.717, 1.165) is 5.69 Å². The average Bonchev–Trinajstić information content (AvgIpc) is 3.92. The maximum atomic E-state index is 2.53. The van der Waals surface area contributed by atoms with Crippen molar-refractivity contribution in [3.63, 3.8) is 0 Å². The zero-order valence-corrected chi connectivity index (χ0v) is 34.4. The Morgan fingerprint density at radius 1 is 0.400 bits per heavy atom. The topological polar surface area (TPSA) is 3.24 Å². The second-order valence-electron chi connectivity index (χ2n) is 16.8. The molecule has 0 saturated heterocycles. The van der Waals surface area contributed by atoms with Crippen molar-refractivity contribution in [3.8, 4) is 33.4 Å². The molecule has 284 valence electrons. The van der Waals surface area contributed by atoms with E-state index in [4.69, 9.17) is 0 Å². The number of benzene rings is 9. The van der Waals surface area contributed by atoms with Crippen molar-refractivity contribution in [2.75, 3.05) is 4.90 Å². The molecule has 2 heteroatoms. The molecule has 12 rings (SSSR count). The van der Waals surface area contributed by atoms with E-state index in [9.17, 15) is 0 Å². The van der Waals surface area contributed by atoms with Crippen LogP contribution in [0, 0.1) is 0 Å². The molecule has 0 amide bonds. The van der Waals surface area contributed by atoms with Gasteiger partial charge >= 0.3 is 0 Å². The van der Waals surface area contributed by atoms with Crippen LogP contribution in [-0.2, 0) is 10.8 Å². The number of nitrogens with zero attached hydrogens (tertiary/aromatic N) is 1. The van der Waals surface area contributed by atoms with Crippen molar-refractivity contribution in [1.29, 1.82) is 0 Å². The van der Waals surface area contributed by atoms with Gasteiger partial charge in [-0.15, -0.1) is 11.3 Å². The van der Waals surface area contributed by atoms with E-state index in [2.05, 4.69) is 231 Å². The van der Waals surface area contributed by atoms with Crippen LogP contribution < -0.4 is 4.90 Å². The van der Waals surface area contributed by atoms with Gasteiger partial charge in [-0.1, -0.05) is 196 Å². The Hall–Kier alpha value is -7.00. The highest BCUT2D eigenvalue weighted by molar-refractivity contribution is 7.26. The molecule has 0 saturated carbocycles. The van der Waals surface area contributed by atoms with Crippen LogP contribution in [-0.4, -0.2) is 0 Å². The Kier molecular flexibility index (Phi) is 7.73. The molecular weight excluding hydrogens is 743 g/mol. The van der Waals surface area contributed by atoms with Gasteiger partial charge in [0.25, 0.3) is 0 Å².